The van der Waals surface area contributed by atoms with E-state index in [2.05, 4.69) is 35.6 Å². The Morgan fingerprint density at radius 3 is 2.62 bits per heavy atom. The van der Waals surface area contributed by atoms with Crippen LogP contribution in [0.5, 0.6) is 0 Å². The fourth-order valence-electron chi connectivity index (χ4n) is 4.97. The topological polar surface area (TPSA) is 21.3 Å². The van der Waals surface area contributed by atoms with Crippen molar-refractivity contribution in [3.05, 3.63) is 35.9 Å². The molecule has 114 valence electrons. The highest BCUT2D eigenvalue weighted by Crippen LogP contribution is 2.69. The van der Waals surface area contributed by atoms with Gasteiger partial charge in [-0.3, -0.25) is 0 Å². The van der Waals surface area contributed by atoms with Crippen molar-refractivity contribution < 1.29 is 4.74 Å². The summed E-state index contributed by atoms with van der Waals surface area (Å²) in [6.45, 7) is 3.03. The van der Waals surface area contributed by atoms with Gasteiger partial charge in [-0.15, -0.1) is 0 Å². The highest BCUT2D eigenvalue weighted by Gasteiger charge is 2.61. The molecule has 3 saturated carbocycles. The summed E-state index contributed by atoms with van der Waals surface area (Å²) in [6.07, 6.45) is 5.88. The molecule has 2 heteroatoms. The number of ether oxygens (including phenoxy) is 1. The molecule has 0 amide bonds. The number of hydrogen-bond donors (Lipinski definition) is 1. The van der Waals surface area contributed by atoms with Crippen molar-refractivity contribution in [1.82, 2.24) is 5.32 Å². The van der Waals surface area contributed by atoms with Crippen LogP contribution in [0.3, 0.4) is 0 Å². The first-order valence-corrected chi connectivity index (χ1v) is 8.57. The second kappa shape index (κ2) is 5.40. The molecule has 0 bridgehead atoms. The maximum atomic E-state index is 5.17. The van der Waals surface area contributed by atoms with Gasteiger partial charge in [-0.25, -0.2) is 0 Å². The first kappa shape index (κ1) is 13.8. The summed E-state index contributed by atoms with van der Waals surface area (Å²) in [4.78, 5) is 0. The molecule has 4 unspecified atom stereocenters. The Kier molecular flexibility index (Phi) is 3.55. The molecule has 1 N–H and O–H groups in total. The molecule has 3 fully saturated rings. The normalized spacial score (nSPS) is 40.0. The van der Waals surface area contributed by atoms with Crippen molar-refractivity contribution in [3.8, 4) is 0 Å². The molecule has 4 rings (SSSR count). The first-order chi connectivity index (χ1) is 10.3. The molecule has 1 aromatic rings. The van der Waals surface area contributed by atoms with Crippen molar-refractivity contribution >= 4 is 0 Å². The van der Waals surface area contributed by atoms with Gasteiger partial charge < -0.3 is 10.1 Å². The van der Waals surface area contributed by atoms with E-state index in [4.69, 9.17) is 4.74 Å². The van der Waals surface area contributed by atoms with Gasteiger partial charge in [0.25, 0.3) is 0 Å². The van der Waals surface area contributed by atoms with Crippen molar-refractivity contribution in [2.24, 2.45) is 23.2 Å². The highest BCUT2D eigenvalue weighted by molar-refractivity contribution is 5.28. The van der Waals surface area contributed by atoms with Crippen molar-refractivity contribution in [3.63, 3.8) is 0 Å². The van der Waals surface area contributed by atoms with Crippen LogP contribution >= 0.6 is 0 Å². The lowest BCUT2D eigenvalue weighted by atomic mass is 9.76. The number of methoxy groups -OCH3 is 1. The van der Waals surface area contributed by atoms with Crippen LogP contribution in [0, 0.1) is 23.2 Å². The minimum absolute atomic E-state index is 0.585. The number of benzene rings is 1. The fraction of sp³-hybridized carbons (Fsp3) is 0.684. The van der Waals surface area contributed by atoms with E-state index in [0.29, 0.717) is 5.41 Å². The molecular weight excluding hydrogens is 258 g/mol. The lowest BCUT2D eigenvalue weighted by Gasteiger charge is -2.32. The summed E-state index contributed by atoms with van der Waals surface area (Å²) in [5.41, 5.74) is 2.15. The summed E-state index contributed by atoms with van der Waals surface area (Å²) in [5.74, 6) is 3.87. The third-order valence-corrected chi connectivity index (χ3v) is 6.17. The van der Waals surface area contributed by atoms with E-state index in [1.165, 1.54) is 32.2 Å². The van der Waals surface area contributed by atoms with Crippen LogP contribution in [0.2, 0.25) is 0 Å². The maximum Gasteiger partial charge on any atom is 0.0587 e. The Hall–Kier alpha value is -0.860. The van der Waals surface area contributed by atoms with E-state index in [-0.39, 0.29) is 0 Å². The largest absolute Gasteiger partial charge is 0.383 e. The summed E-state index contributed by atoms with van der Waals surface area (Å²) < 4.78 is 5.17. The average Bonchev–Trinajstić information content (AvgIpc) is 3.43. The Morgan fingerprint density at radius 2 is 1.90 bits per heavy atom. The van der Waals surface area contributed by atoms with Gasteiger partial charge in [-0.2, -0.15) is 0 Å². The van der Waals surface area contributed by atoms with Gasteiger partial charge in [0.15, 0.2) is 0 Å². The fourth-order valence-corrected chi connectivity index (χ4v) is 4.97. The smallest absolute Gasteiger partial charge is 0.0587 e. The summed E-state index contributed by atoms with van der Waals surface area (Å²) in [6, 6.07) is 11.2. The highest BCUT2D eigenvalue weighted by atomic mass is 16.5. The summed E-state index contributed by atoms with van der Waals surface area (Å²) in [5, 5.41) is 3.68. The second-order valence-corrected chi connectivity index (χ2v) is 7.56. The van der Waals surface area contributed by atoms with Crippen LogP contribution in [0.15, 0.2) is 30.3 Å². The predicted molar refractivity (Wildman–Crippen MR) is 85.3 cm³/mol. The molecule has 0 heterocycles. The number of hydrogen-bond acceptors (Lipinski definition) is 2. The Labute approximate surface area is 128 Å². The molecule has 3 aliphatic rings. The Balaban J connectivity index is 1.42. The molecule has 0 spiro atoms. The van der Waals surface area contributed by atoms with E-state index in [1.54, 1.807) is 12.7 Å². The van der Waals surface area contributed by atoms with Crippen molar-refractivity contribution in [1.29, 1.82) is 0 Å². The van der Waals surface area contributed by atoms with Crippen LogP contribution < -0.4 is 5.32 Å². The van der Waals surface area contributed by atoms with Crippen LogP contribution in [0.25, 0.3) is 0 Å². The van der Waals surface area contributed by atoms with Gasteiger partial charge in [0.2, 0.25) is 0 Å². The zero-order valence-corrected chi connectivity index (χ0v) is 13.1. The van der Waals surface area contributed by atoms with Crippen molar-refractivity contribution in [2.45, 2.75) is 31.6 Å². The monoisotopic (exact) mass is 285 g/mol. The molecule has 0 saturated heterocycles. The molecule has 0 aromatic heterocycles. The van der Waals surface area contributed by atoms with Crippen molar-refractivity contribution in [2.75, 3.05) is 26.8 Å². The molecule has 4 atom stereocenters. The van der Waals surface area contributed by atoms with Gasteiger partial charge >= 0.3 is 0 Å². The molecule has 3 aliphatic carbocycles. The number of fused-ring (bicyclic) bond motifs is 1. The van der Waals surface area contributed by atoms with Crippen LogP contribution in [-0.4, -0.2) is 26.8 Å². The molecule has 2 nitrogen and oxygen atoms in total. The minimum atomic E-state index is 0.585. The van der Waals surface area contributed by atoms with E-state index in [0.717, 1.165) is 36.8 Å². The van der Waals surface area contributed by atoms with E-state index < -0.39 is 0 Å². The molecule has 0 radical (unpaired) electrons. The number of rotatable bonds is 7. The minimum Gasteiger partial charge on any atom is -0.383 e. The van der Waals surface area contributed by atoms with Crippen LogP contribution in [0.1, 0.15) is 37.2 Å². The Bertz CT molecular complexity index is 476. The predicted octanol–water partition coefficient (Wildman–Crippen LogP) is 3.44. The average molecular weight is 285 g/mol. The third-order valence-electron chi connectivity index (χ3n) is 6.17. The molecule has 1 aromatic carbocycles. The molecule has 21 heavy (non-hydrogen) atoms. The zero-order valence-electron chi connectivity index (χ0n) is 13.1. The van der Waals surface area contributed by atoms with Gasteiger partial charge in [-0.05, 0) is 60.3 Å². The van der Waals surface area contributed by atoms with E-state index in [1.807, 2.05) is 0 Å². The molecule has 0 aliphatic heterocycles. The van der Waals surface area contributed by atoms with E-state index in [9.17, 15) is 0 Å². The SMILES string of the molecule is COCCNCC1(C2CC2c2ccccc2)CC2CC2C1. The standard InChI is InChI=1S/C19H27NO/c1-21-8-7-20-13-19(11-15-9-16(15)12-19)18-10-17(18)14-5-3-2-4-6-14/h2-6,15-18,20H,7-13H2,1H3. The third kappa shape index (κ3) is 2.64. The van der Waals surface area contributed by atoms with Gasteiger partial charge in [0, 0.05) is 20.2 Å². The quantitative estimate of drug-likeness (QED) is 0.775. The van der Waals surface area contributed by atoms with E-state index >= 15 is 0 Å². The Morgan fingerprint density at radius 1 is 1.14 bits per heavy atom. The van der Waals surface area contributed by atoms with Gasteiger partial charge in [0.05, 0.1) is 6.61 Å². The maximum absolute atomic E-state index is 5.17. The summed E-state index contributed by atoms with van der Waals surface area (Å²) in [7, 11) is 1.79. The molecular formula is C19H27NO. The van der Waals surface area contributed by atoms with Gasteiger partial charge in [-0.1, -0.05) is 30.3 Å². The number of nitrogens with one attached hydrogen (secondary N) is 1. The zero-order chi connectivity index (χ0) is 14.3. The van der Waals surface area contributed by atoms with Crippen LogP contribution in [0.4, 0.5) is 0 Å². The van der Waals surface area contributed by atoms with Gasteiger partial charge in [0.1, 0.15) is 0 Å². The lowest BCUT2D eigenvalue weighted by molar-refractivity contribution is 0.174. The van der Waals surface area contributed by atoms with Crippen LogP contribution in [-0.2, 0) is 4.74 Å². The second-order valence-electron chi connectivity index (χ2n) is 7.56. The lowest BCUT2D eigenvalue weighted by Crippen LogP contribution is -2.37. The first-order valence-electron chi connectivity index (χ1n) is 8.57. The summed E-state index contributed by atoms with van der Waals surface area (Å²) >= 11 is 0.